The number of aromatic amines is 1. The number of hydrogen-bond donors (Lipinski definition) is 2. The first kappa shape index (κ1) is 21.4. The number of aromatic nitrogens is 4. The van der Waals surface area contributed by atoms with E-state index in [-0.39, 0.29) is 17.1 Å². The monoisotopic (exact) mass is 445 g/mol. The van der Waals surface area contributed by atoms with E-state index in [9.17, 15) is 9.18 Å². The van der Waals surface area contributed by atoms with E-state index in [1.807, 2.05) is 0 Å². The number of rotatable bonds is 6. The number of nitrogens with zero attached hydrogens (tertiary/aromatic N) is 3. The number of hydrogen-bond acceptors (Lipinski definition) is 3. The average Bonchev–Trinajstić information content (AvgIpc) is 3.07. The molecule has 1 aliphatic carbocycles. The molecule has 170 valence electrons. The molecule has 0 aliphatic heterocycles. The number of halogens is 1. The summed E-state index contributed by atoms with van der Waals surface area (Å²) in [5.41, 5.74) is 5.58. The summed E-state index contributed by atoms with van der Waals surface area (Å²) < 4.78 is 14.8. The minimum absolute atomic E-state index is 0.183. The molecule has 5 rings (SSSR count). The Hall–Kier alpha value is -3.48. The average molecular weight is 446 g/mol. The summed E-state index contributed by atoms with van der Waals surface area (Å²) in [7, 11) is 0. The van der Waals surface area contributed by atoms with E-state index in [4.69, 9.17) is 0 Å². The zero-order valence-electron chi connectivity index (χ0n) is 19.3. The first-order valence-electron chi connectivity index (χ1n) is 11.3. The lowest BCUT2D eigenvalue weighted by molar-refractivity contribution is 0.0946. The lowest BCUT2D eigenvalue weighted by Crippen LogP contribution is -2.26. The number of benzene rings is 2. The lowest BCUT2D eigenvalue weighted by Gasteiger charge is -2.06. The Kier molecular flexibility index (Phi) is 5.07. The van der Waals surface area contributed by atoms with Gasteiger partial charge in [-0.1, -0.05) is 37.3 Å². The van der Waals surface area contributed by atoms with Crippen LogP contribution in [0.2, 0.25) is 0 Å². The summed E-state index contributed by atoms with van der Waals surface area (Å²) in [6.45, 7) is 9.13. The Morgan fingerprint density at radius 3 is 2.64 bits per heavy atom. The van der Waals surface area contributed by atoms with E-state index in [1.54, 1.807) is 23.7 Å². The summed E-state index contributed by atoms with van der Waals surface area (Å²) in [6, 6.07) is 14.4. The lowest BCUT2D eigenvalue weighted by atomic mass is 10.0. The van der Waals surface area contributed by atoms with Gasteiger partial charge >= 0.3 is 0 Å². The molecule has 2 N–H and O–H groups in total. The molecule has 33 heavy (non-hydrogen) atoms. The Bertz CT molecular complexity index is 1330. The second-order valence-electron chi connectivity index (χ2n) is 9.57. The minimum atomic E-state index is -0.321. The number of nitrogens with one attached hydrogen (secondary N) is 2. The molecular weight excluding hydrogens is 417 g/mol. The summed E-state index contributed by atoms with van der Waals surface area (Å²) in [5, 5.41) is 12.5. The highest BCUT2D eigenvalue weighted by atomic mass is 19.1. The molecule has 2 aromatic heterocycles. The van der Waals surface area contributed by atoms with E-state index in [1.165, 1.54) is 34.3 Å². The molecule has 0 radical (unpaired) electrons. The van der Waals surface area contributed by atoms with E-state index < -0.39 is 0 Å². The van der Waals surface area contributed by atoms with E-state index in [0.717, 1.165) is 6.42 Å². The Morgan fingerprint density at radius 2 is 1.88 bits per heavy atom. The first-order chi connectivity index (χ1) is 15.8. The summed E-state index contributed by atoms with van der Waals surface area (Å²) in [4.78, 5) is 16.3. The Balaban J connectivity index is 1.25. The third-order valence-electron chi connectivity index (χ3n) is 7.23. The normalized spacial score (nSPS) is 19.1. The van der Waals surface area contributed by atoms with E-state index in [2.05, 4.69) is 65.6 Å². The van der Waals surface area contributed by atoms with Gasteiger partial charge in [-0.25, -0.2) is 9.07 Å². The van der Waals surface area contributed by atoms with Gasteiger partial charge in [0.05, 0.1) is 11.4 Å². The molecule has 2 unspecified atom stereocenters. The van der Waals surface area contributed by atoms with Crippen LogP contribution in [0.3, 0.4) is 0 Å². The van der Waals surface area contributed by atoms with E-state index >= 15 is 0 Å². The molecule has 1 amide bonds. The highest BCUT2D eigenvalue weighted by molar-refractivity contribution is 5.93. The maximum atomic E-state index is 13.2. The number of carbonyl (C=O) groups excluding carboxylic acids is 1. The van der Waals surface area contributed by atoms with Gasteiger partial charge in [0, 0.05) is 23.1 Å². The zero-order valence-corrected chi connectivity index (χ0v) is 19.3. The molecule has 4 aromatic rings. The molecule has 1 saturated carbocycles. The largest absolute Gasteiger partial charge is 0.358 e. The predicted octanol–water partition coefficient (Wildman–Crippen LogP) is 5.06. The molecular formula is C26H28FN5O. The van der Waals surface area contributed by atoms with Crippen LogP contribution >= 0.6 is 0 Å². The number of para-hydroxylation sites is 1. The Morgan fingerprint density at radius 1 is 1.15 bits per heavy atom. The number of H-pyrrole nitrogens is 1. The second-order valence-corrected chi connectivity index (χ2v) is 9.57. The van der Waals surface area contributed by atoms with Crippen molar-refractivity contribution in [1.82, 2.24) is 25.3 Å². The van der Waals surface area contributed by atoms with Crippen LogP contribution in [0.1, 0.15) is 53.6 Å². The van der Waals surface area contributed by atoms with Crippen molar-refractivity contribution in [1.29, 1.82) is 0 Å². The van der Waals surface area contributed by atoms with Crippen LogP contribution in [-0.4, -0.2) is 32.4 Å². The number of carbonyl (C=O) groups is 1. The van der Waals surface area contributed by atoms with E-state index in [0.29, 0.717) is 35.5 Å². The standard InChI is InChI=1S/C26H28FN5O/c1-15-22(19-7-5-6-8-21(19)29-15)23-20(26(23,3)4)13-14-28-25(33)24-16(2)32(31-30-24)18-11-9-17(27)10-12-18/h5-12,20,23,29H,13-14H2,1-4H3,(H,28,33). The molecule has 2 heterocycles. The van der Waals surface area contributed by atoms with Crippen LogP contribution < -0.4 is 5.32 Å². The van der Waals surface area contributed by atoms with Crippen LogP contribution in [0.4, 0.5) is 4.39 Å². The molecule has 1 fully saturated rings. The molecule has 1 aliphatic rings. The van der Waals surface area contributed by atoms with Crippen LogP contribution in [0.5, 0.6) is 0 Å². The van der Waals surface area contributed by atoms with Crippen LogP contribution in [0.25, 0.3) is 16.6 Å². The third kappa shape index (κ3) is 3.61. The van der Waals surface area contributed by atoms with Crippen molar-refractivity contribution >= 4 is 16.8 Å². The van der Waals surface area contributed by atoms with Crippen molar-refractivity contribution in [2.75, 3.05) is 6.54 Å². The predicted molar refractivity (Wildman–Crippen MR) is 126 cm³/mol. The van der Waals surface area contributed by atoms with Gasteiger partial charge in [0.25, 0.3) is 5.91 Å². The maximum Gasteiger partial charge on any atom is 0.273 e. The number of aryl methyl sites for hydroxylation is 1. The van der Waals surface area contributed by atoms with Gasteiger partial charge in [0.1, 0.15) is 5.82 Å². The summed E-state index contributed by atoms with van der Waals surface area (Å²) in [6.07, 6.45) is 0.896. The van der Waals surface area contributed by atoms with Crippen molar-refractivity contribution < 1.29 is 9.18 Å². The van der Waals surface area contributed by atoms with Gasteiger partial charge in [-0.3, -0.25) is 4.79 Å². The SMILES string of the molecule is Cc1[nH]c2ccccc2c1C1C(CCNC(=O)c2nnn(-c3ccc(F)cc3)c2C)C1(C)C. The van der Waals surface area contributed by atoms with Crippen molar-refractivity contribution in [3.05, 3.63) is 77.0 Å². The quantitative estimate of drug-likeness (QED) is 0.435. The Labute approximate surface area is 192 Å². The summed E-state index contributed by atoms with van der Waals surface area (Å²) in [5.74, 6) is 0.399. The van der Waals surface area contributed by atoms with Gasteiger partial charge in [-0.2, -0.15) is 0 Å². The molecule has 0 saturated heterocycles. The molecule has 2 aromatic carbocycles. The number of amides is 1. The van der Waals surface area contributed by atoms with Gasteiger partial charge in [0.2, 0.25) is 0 Å². The molecule has 0 spiro atoms. The summed E-state index contributed by atoms with van der Waals surface area (Å²) >= 11 is 0. The van der Waals surface area contributed by atoms with Gasteiger partial charge < -0.3 is 10.3 Å². The topological polar surface area (TPSA) is 75.6 Å². The van der Waals surface area contributed by atoms with Gasteiger partial charge in [0.15, 0.2) is 5.69 Å². The fraction of sp³-hybridized carbons (Fsp3) is 0.346. The fourth-order valence-corrected chi connectivity index (χ4v) is 5.35. The minimum Gasteiger partial charge on any atom is -0.358 e. The number of fused-ring (bicyclic) bond motifs is 1. The van der Waals surface area contributed by atoms with Crippen LogP contribution in [0.15, 0.2) is 48.5 Å². The smallest absolute Gasteiger partial charge is 0.273 e. The molecule has 2 atom stereocenters. The second kappa shape index (κ2) is 7.83. The van der Waals surface area contributed by atoms with Gasteiger partial charge in [-0.05, 0) is 73.4 Å². The van der Waals surface area contributed by atoms with Crippen molar-refractivity contribution in [3.8, 4) is 5.69 Å². The fourth-order valence-electron chi connectivity index (χ4n) is 5.35. The van der Waals surface area contributed by atoms with Crippen LogP contribution in [0, 0.1) is 31.0 Å². The zero-order chi connectivity index (χ0) is 23.3. The third-order valence-corrected chi connectivity index (χ3v) is 7.23. The molecule has 6 nitrogen and oxygen atoms in total. The van der Waals surface area contributed by atoms with Crippen molar-refractivity contribution in [3.63, 3.8) is 0 Å². The van der Waals surface area contributed by atoms with Crippen LogP contribution in [-0.2, 0) is 0 Å². The highest BCUT2D eigenvalue weighted by Crippen LogP contribution is 2.67. The van der Waals surface area contributed by atoms with Gasteiger partial charge in [-0.15, -0.1) is 5.10 Å². The highest BCUT2D eigenvalue weighted by Gasteiger charge is 2.58. The maximum absolute atomic E-state index is 13.2. The van der Waals surface area contributed by atoms with Crippen molar-refractivity contribution in [2.45, 2.75) is 40.0 Å². The molecule has 7 heteroatoms. The van der Waals surface area contributed by atoms with Crippen molar-refractivity contribution in [2.24, 2.45) is 11.3 Å². The first-order valence-corrected chi connectivity index (χ1v) is 11.3. The molecule has 0 bridgehead atoms.